The lowest BCUT2D eigenvalue weighted by Crippen LogP contribution is -2.38. The number of anilines is 1. The molecule has 152 valence electrons. The van der Waals surface area contributed by atoms with Crippen LogP contribution in [0.4, 0.5) is 14.5 Å². The molecule has 2 aromatic carbocycles. The Morgan fingerprint density at radius 1 is 1.24 bits per heavy atom. The molecule has 0 bridgehead atoms. The molecule has 0 aromatic heterocycles. The van der Waals surface area contributed by atoms with Gasteiger partial charge in [-0.1, -0.05) is 0 Å². The zero-order valence-electron chi connectivity index (χ0n) is 15.8. The van der Waals surface area contributed by atoms with Crippen LogP contribution in [-0.4, -0.2) is 36.4 Å². The minimum atomic E-state index is -0.979. The largest absolute Gasteiger partial charge is 0.491 e. The van der Waals surface area contributed by atoms with E-state index in [0.717, 1.165) is 23.3 Å². The molecule has 2 heterocycles. The summed E-state index contributed by atoms with van der Waals surface area (Å²) in [5.74, 6) is -1.42. The van der Waals surface area contributed by atoms with Crippen LogP contribution in [0.25, 0.3) is 0 Å². The van der Waals surface area contributed by atoms with Crippen molar-refractivity contribution in [3.63, 3.8) is 0 Å². The van der Waals surface area contributed by atoms with Gasteiger partial charge in [0.15, 0.2) is 11.6 Å². The molecule has 1 unspecified atom stereocenters. The number of hydrogen-bond donors (Lipinski definition) is 1. The second kappa shape index (κ2) is 7.69. The molecule has 2 aliphatic heterocycles. The predicted molar refractivity (Wildman–Crippen MR) is 101 cm³/mol. The highest BCUT2D eigenvalue weighted by atomic mass is 19.2. The summed E-state index contributed by atoms with van der Waals surface area (Å²) in [6.45, 7) is 0.622. The summed E-state index contributed by atoms with van der Waals surface area (Å²) in [4.78, 5) is 25.8. The Hall–Kier alpha value is -3.16. The maximum absolute atomic E-state index is 13.4. The van der Waals surface area contributed by atoms with Crippen molar-refractivity contribution >= 4 is 17.5 Å². The van der Waals surface area contributed by atoms with E-state index in [0.29, 0.717) is 37.3 Å². The van der Waals surface area contributed by atoms with Crippen LogP contribution in [0, 0.1) is 11.6 Å². The summed E-state index contributed by atoms with van der Waals surface area (Å²) < 4.78 is 37.6. The van der Waals surface area contributed by atoms with E-state index in [4.69, 9.17) is 9.47 Å². The maximum atomic E-state index is 13.4. The third kappa shape index (κ3) is 3.87. The smallest absolute Gasteiger partial charge is 0.247 e. The quantitative estimate of drug-likeness (QED) is 0.835. The van der Waals surface area contributed by atoms with Gasteiger partial charge in [0.25, 0.3) is 0 Å². The normalized spacial score (nSPS) is 17.8. The molecule has 0 spiro atoms. The van der Waals surface area contributed by atoms with Crippen LogP contribution < -0.4 is 14.8 Å². The van der Waals surface area contributed by atoms with Gasteiger partial charge in [0.05, 0.1) is 12.3 Å². The van der Waals surface area contributed by atoms with E-state index in [1.165, 1.54) is 11.0 Å². The van der Waals surface area contributed by atoms with Crippen molar-refractivity contribution in [2.75, 3.05) is 19.0 Å². The average molecular weight is 402 g/mol. The van der Waals surface area contributed by atoms with Crippen LogP contribution >= 0.6 is 0 Å². The molecule has 1 N–H and O–H groups in total. The molecule has 2 aliphatic rings. The van der Waals surface area contributed by atoms with Gasteiger partial charge in [0, 0.05) is 31.5 Å². The van der Waals surface area contributed by atoms with Crippen LogP contribution in [-0.2, 0) is 22.6 Å². The molecule has 1 atom stereocenters. The number of amides is 2. The molecular weight excluding hydrogens is 382 g/mol. The van der Waals surface area contributed by atoms with Gasteiger partial charge in [-0.2, -0.15) is 0 Å². The Bertz CT molecular complexity index is 979. The number of carbonyl (C=O) groups is 2. The zero-order chi connectivity index (χ0) is 20.5. The third-order valence-corrected chi connectivity index (χ3v) is 5.19. The summed E-state index contributed by atoms with van der Waals surface area (Å²) in [7, 11) is 1.62. The van der Waals surface area contributed by atoms with Crippen LogP contribution in [0.15, 0.2) is 30.3 Å². The van der Waals surface area contributed by atoms with Crippen molar-refractivity contribution in [2.45, 2.75) is 31.9 Å². The molecule has 0 radical (unpaired) electrons. The van der Waals surface area contributed by atoms with E-state index < -0.39 is 17.7 Å². The lowest BCUT2D eigenvalue weighted by molar-refractivity contribution is -0.131. The number of nitrogens with zero attached hydrogens (tertiary/aromatic N) is 1. The predicted octanol–water partition coefficient (Wildman–Crippen LogP) is 3.04. The fourth-order valence-corrected chi connectivity index (χ4v) is 3.61. The van der Waals surface area contributed by atoms with Gasteiger partial charge in [0.2, 0.25) is 11.8 Å². The Kier molecular flexibility index (Phi) is 5.08. The standard InChI is InChI=1S/C21H20F2N2O4/c1-25-18(4-5-19(25)26)21(27)24-17-9-12(8-13-6-7-28-20(13)17)11-29-14-2-3-15(22)16(23)10-14/h2-3,8-10,18H,4-7,11H2,1H3,(H,24,27). The first-order chi connectivity index (χ1) is 13.9. The first-order valence-corrected chi connectivity index (χ1v) is 9.35. The van der Waals surface area contributed by atoms with Gasteiger partial charge in [-0.05, 0) is 36.2 Å². The molecular formula is C21H20F2N2O4. The molecule has 0 saturated carbocycles. The number of carbonyl (C=O) groups excluding carboxylic acids is 2. The van der Waals surface area contributed by atoms with Crippen LogP contribution in [0.1, 0.15) is 24.0 Å². The zero-order valence-corrected chi connectivity index (χ0v) is 15.8. The van der Waals surface area contributed by atoms with Crippen molar-refractivity contribution in [1.82, 2.24) is 4.90 Å². The molecule has 29 heavy (non-hydrogen) atoms. The topological polar surface area (TPSA) is 67.9 Å². The van der Waals surface area contributed by atoms with Gasteiger partial charge in [0.1, 0.15) is 24.1 Å². The van der Waals surface area contributed by atoms with Gasteiger partial charge in [-0.15, -0.1) is 0 Å². The van der Waals surface area contributed by atoms with Gasteiger partial charge >= 0.3 is 0 Å². The van der Waals surface area contributed by atoms with Gasteiger partial charge < -0.3 is 19.7 Å². The van der Waals surface area contributed by atoms with Gasteiger partial charge in [-0.25, -0.2) is 8.78 Å². The number of ether oxygens (including phenoxy) is 2. The summed E-state index contributed by atoms with van der Waals surface area (Å²) in [6.07, 6.45) is 1.52. The fraction of sp³-hybridized carbons (Fsp3) is 0.333. The molecule has 1 saturated heterocycles. The highest BCUT2D eigenvalue weighted by molar-refractivity contribution is 6.00. The first-order valence-electron chi connectivity index (χ1n) is 9.35. The van der Waals surface area contributed by atoms with Crippen molar-refractivity contribution in [2.24, 2.45) is 0 Å². The Morgan fingerprint density at radius 2 is 2.07 bits per heavy atom. The maximum Gasteiger partial charge on any atom is 0.247 e. The van der Waals surface area contributed by atoms with Crippen molar-refractivity contribution < 1.29 is 27.8 Å². The second-order valence-electron chi connectivity index (χ2n) is 7.14. The van der Waals surface area contributed by atoms with Crippen LogP contribution in [0.5, 0.6) is 11.5 Å². The number of rotatable bonds is 5. The number of benzene rings is 2. The van der Waals surface area contributed by atoms with E-state index in [-0.39, 0.29) is 24.2 Å². The minimum absolute atomic E-state index is 0.0553. The molecule has 2 aromatic rings. The van der Waals surface area contributed by atoms with Crippen molar-refractivity contribution in [3.8, 4) is 11.5 Å². The minimum Gasteiger partial charge on any atom is -0.491 e. The monoisotopic (exact) mass is 402 g/mol. The molecule has 8 heteroatoms. The molecule has 6 nitrogen and oxygen atoms in total. The van der Waals surface area contributed by atoms with Crippen molar-refractivity contribution in [3.05, 3.63) is 53.1 Å². The number of halogens is 2. The van der Waals surface area contributed by atoms with Crippen LogP contribution in [0.2, 0.25) is 0 Å². The molecule has 0 aliphatic carbocycles. The summed E-state index contributed by atoms with van der Waals surface area (Å²) in [6, 6.07) is 6.47. The Morgan fingerprint density at radius 3 is 2.79 bits per heavy atom. The van der Waals surface area contributed by atoms with Crippen molar-refractivity contribution in [1.29, 1.82) is 0 Å². The summed E-state index contributed by atoms with van der Waals surface area (Å²) in [5, 5.41) is 2.87. The van der Waals surface area contributed by atoms with E-state index in [2.05, 4.69) is 5.32 Å². The van der Waals surface area contributed by atoms with E-state index in [9.17, 15) is 18.4 Å². The highest BCUT2D eigenvalue weighted by Gasteiger charge is 2.34. The van der Waals surface area contributed by atoms with Gasteiger partial charge in [-0.3, -0.25) is 9.59 Å². The Balaban J connectivity index is 1.52. The lowest BCUT2D eigenvalue weighted by atomic mass is 10.1. The Labute approximate surface area is 166 Å². The highest BCUT2D eigenvalue weighted by Crippen LogP contribution is 2.36. The summed E-state index contributed by atoms with van der Waals surface area (Å²) in [5.41, 5.74) is 2.20. The lowest BCUT2D eigenvalue weighted by Gasteiger charge is -2.20. The van der Waals surface area contributed by atoms with Crippen LogP contribution in [0.3, 0.4) is 0 Å². The van der Waals surface area contributed by atoms with E-state index in [1.807, 2.05) is 6.07 Å². The number of hydrogen-bond acceptors (Lipinski definition) is 4. The third-order valence-electron chi connectivity index (χ3n) is 5.19. The average Bonchev–Trinajstić information content (AvgIpc) is 3.30. The van der Waals surface area contributed by atoms with E-state index in [1.54, 1.807) is 13.1 Å². The molecule has 1 fully saturated rings. The fourth-order valence-electron chi connectivity index (χ4n) is 3.61. The second-order valence-corrected chi connectivity index (χ2v) is 7.14. The number of fused-ring (bicyclic) bond motifs is 1. The SMILES string of the molecule is CN1C(=O)CCC1C(=O)Nc1cc(COc2ccc(F)c(F)c2)cc2c1OCC2. The van der Waals surface area contributed by atoms with E-state index >= 15 is 0 Å². The number of nitrogens with one attached hydrogen (secondary N) is 1. The number of likely N-dealkylation sites (N-methyl/N-ethyl adjacent to an activating group) is 1. The number of likely N-dealkylation sites (tertiary alicyclic amines) is 1. The molecule has 2 amide bonds. The first kappa shape index (κ1) is 19.2. The summed E-state index contributed by atoms with van der Waals surface area (Å²) >= 11 is 0. The molecule has 4 rings (SSSR count).